The summed E-state index contributed by atoms with van der Waals surface area (Å²) in [6.07, 6.45) is 0. The second kappa shape index (κ2) is 9.09. The zero-order chi connectivity index (χ0) is 20.8. The molecule has 0 heterocycles. The third-order valence-corrected chi connectivity index (χ3v) is 5.24. The Morgan fingerprint density at radius 1 is 0.897 bits per heavy atom. The SMILES string of the molecule is CN(C)C(=O)Sc1ccc(NC(=O)c2ccccc2-c2ccccc2C#N)cc1. The van der Waals surface area contributed by atoms with Crippen molar-refractivity contribution in [2.24, 2.45) is 0 Å². The molecule has 3 aromatic rings. The van der Waals surface area contributed by atoms with Gasteiger partial charge in [-0.1, -0.05) is 36.4 Å². The van der Waals surface area contributed by atoms with Gasteiger partial charge >= 0.3 is 0 Å². The highest BCUT2D eigenvalue weighted by Gasteiger charge is 2.15. The number of nitriles is 1. The van der Waals surface area contributed by atoms with Crippen LogP contribution in [0.3, 0.4) is 0 Å². The molecular weight excluding hydrogens is 382 g/mol. The maximum Gasteiger partial charge on any atom is 0.285 e. The van der Waals surface area contributed by atoms with Gasteiger partial charge in [-0.3, -0.25) is 9.59 Å². The van der Waals surface area contributed by atoms with E-state index < -0.39 is 0 Å². The molecule has 0 aliphatic heterocycles. The zero-order valence-electron chi connectivity index (χ0n) is 16.0. The standard InChI is InChI=1S/C23H19N3O2S/c1-26(2)23(28)29-18-13-11-17(12-14-18)25-22(27)21-10-6-5-9-20(21)19-8-4-3-7-16(19)15-24/h3-14H,1-2H3,(H,25,27). The second-order valence-corrected chi connectivity index (χ2v) is 7.47. The molecule has 144 valence electrons. The summed E-state index contributed by atoms with van der Waals surface area (Å²) in [6.45, 7) is 0. The van der Waals surface area contributed by atoms with E-state index in [4.69, 9.17) is 0 Å². The van der Waals surface area contributed by atoms with Gasteiger partial charge in [0, 0.05) is 35.8 Å². The van der Waals surface area contributed by atoms with Crippen LogP contribution in [0.1, 0.15) is 15.9 Å². The van der Waals surface area contributed by atoms with Crippen molar-refractivity contribution in [3.8, 4) is 17.2 Å². The molecule has 3 aromatic carbocycles. The highest BCUT2D eigenvalue weighted by atomic mass is 32.2. The maximum atomic E-state index is 12.9. The van der Waals surface area contributed by atoms with Crippen molar-refractivity contribution in [3.05, 3.63) is 83.9 Å². The van der Waals surface area contributed by atoms with Gasteiger partial charge in [0.2, 0.25) is 0 Å². The van der Waals surface area contributed by atoms with Crippen molar-refractivity contribution in [2.45, 2.75) is 4.90 Å². The van der Waals surface area contributed by atoms with Crippen LogP contribution in [0.15, 0.2) is 77.7 Å². The lowest BCUT2D eigenvalue weighted by atomic mass is 9.95. The number of hydrogen-bond donors (Lipinski definition) is 1. The van der Waals surface area contributed by atoms with Gasteiger partial charge in [-0.2, -0.15) is 5.26 Å². The summed E-state index contributed by atoms with van der Waals surface area (Å²) in [5, 5.41) is 12.2. The number of benzene rings is 3. The quantitative estimate of drug-likeness (QED) is 0.606. The molecule has 0 aliphatic rings. The molecule has 5 nitrogen and oxygen atoms in total. The molecule has 2 amide bonds. The zero-order valence-corrected chi connectivity index (χ0v) is 16.9. The Balaban J connectivity index is 1.82. The number of anilines is 1. The van der Waals surface area contributed by atoms with E-state index in [1.807, 2.05) is 24.3 Å². The first-order chi connectivity index (χ1) is 14.0. The molecular formula is C23H19N3O2S. The van der Waals surface area contributed by atoms with Crippen molar-refractivity contribution in [1.29, 1.82) is 5.26 Å². The van der Waals surface area contributed by atoms with Crippen LogP contribution >= 0.6 is 11.8 Å². The minimum atomic E-state index is -0.266. The topological polar surface area (TPSA) is 73.2 Å². The summed E-state index contributed by atoms with van der Waals surface area (Å²) in [5.74, 6) is -0.266. The van der Waals surface area contributed by atoms with E-state index in [-0.39, 0.29) is 11.1 Å². The highest BCUT2D eigenvalue weighted by Crippen LogP contribution is 2.28. The highest BCUT2D eigenvalue weighted by molar-refractivity contribution is 8.13. The normalized spacial score (nSPS) is 10.1. The minimum absolute atomic E-state index is 0.0631. The molecule has 0 radical (unpaired) electrons. The van der Waals surface area contributed by atoms with Crippen molar-refractivity contribution in [2.75, 3.05) is 19.4 Å². The van der Waals surface area contributed by atoms with Crippen molar-refractivity contribution in [1.82, 2.24) is 4.90 Å². The molecule has 0 unspecified atom stereocenters. The molecule has 6 heteroatoms. The molecule has 0 aromatic heterocycles. The van der Waals surface area contributed by atoms with Gasteiger partial charge < -0.3 is 10.2 Å². The first kappa shape index (κ1) is 20.2. The lowest BCUT2D eigenvalue weighted by Crippen LogP contribution is -2.16. The van der Waals surface area contributed by atoms with Gasteiger partial charge in [0.05, 0.1) is 11.6 Å². The number of thioether (sulfide) groups is 1. The number of hydrogen-bond acceptors (Lipinski definition) is 4. The third-order valence-electron chi connectivity index (χ3n) is 4.19. The number of amides is 2. The molecule has 0 bridgehead atoms. The van der Waals surface area contributed by atoms with Crippen LogP contribution in [0.4, 0.5) is 10.5 Å². The predicted octanol–water partition coefficient (Wildman–Crippen LogP) is 5.25. The Hall–Kier alpha value is -3.56. The Morgan fingerprint density at radius 3 is 2.17 bits per heavy atom. The second-order valence-electron chi connectivity index (χ2n) is 6.44. The van der Waals surface area contributed by atoms with Gasteiger partial charge in [0.15, 0.2) is 0 Å². The lowest BCUT2D eigenvalue weighted by molar-refractivity contribution is 0.102. The summed E-state index contributed by atoms with van der Waals surface area (Å²) in [7, 11) is 3.40. The molecule has 1 N–H and O–H groups in total. The lowest BCUT2D eigenvalue weighted by Gasteiger charge is -2.12. The number of carbonyl (C=O) groups is 2. The number of nitrogens with one attached hydrogen (secondary N) is 1. The monoisotopic (exact) mass is 401 g/mol. The summed E-state index contributed by atoms with van der Waals surface area (Å²) in [5.41, 5.74) is 3.04. The van der Waals surface area contributed by atoms with Crippen LogP contribution in [0.5, 0.6) is 0 Å². The fraction of sp³-hybridized carbons (Fsp3) is 0.0870. The van der Waals surface area contributed by atoms with Gasteiger partial charge in [-0.25, -0.2) is 0 Å². The van der Waals surface area contributed by atoms with E-state index in [1.165, 1.54) is 4.90 Å². The van der Waals surface area contributed by atoms with Crippen LogP contribution in [0.2, 0.25) is 0 Å². The number of rotatable bonds is 4. The predicted molar refractivity (Wildman–Crippen MR) is 116 cm³/mol. The first-order valence-electron chi connectivity index (χ1n) is 8.88. The van der Waals surface area contributed by atoms with Gasteiger partial charge in [-0.15, -0.1) is 0 Å². The van der Waals surface area contributed by atoms with Crippen molar-refractivity contribution >= 4 is 28.6 Å². The molecule has 0 aliphatic carbocycles. The summed E-state index contributed by atoms with van der Waals surface area (Å²) in [6, 6.07) is 23.7. The summed E-state index contributed by atoms with van der Waals surface area (Å²) in [4.78, 5) is 27.0. The fourth-order valence-electron chi connectivity index (χ4n) is 2.73. The first-order valence-corrected chi connectivity index (χ1v) is 9.70. The Kier molecular flexibility index (Phi) is 6.32. The van der Waals surface area contributed by atoms with Crippen LogP contribution in [-0.2, 0) is 0 Å². The molecule has 29 heavy (non-hydrogen) atoms. The van der Waals surface area contributed by atoms with Gasteiger partial charge in [0.1, 0.15) is 0 Å². The van der Waals surface area contributed by atoms with Crippen LogP contribution in [-0.4, -0.2) is 30.1 Å². The maximum absolute atomic E-state index is 12.9. The molecule has 0 saturated heterocycles. The fourth-order valence-corrected chi connectivity index (χ4v) is 3.38. The van der Waals surface area contributed by atoms with Crippen molar-refractivity contribution in [3.63, 3.8) is 0 Å². The number of carbonyl (C=O) groups excluding carboxylic acids is 2. The van der Waals surface area contributed by atoms with Crippen LogP contribution < -0.4 is 5.32 Å². The van der Waals surface area contributed by atoms with Crippen molar-refractivity contribution < 1.29 is 9.59 Å². The van der Waals surface area contributed by atoms with E-state index >= 15 is 0 Å². The smallest absolute Gasteiger partial charge is 0.285 e. The van der Waals surface area contributed by atoms with Crippen LogP contribution in [0.25, 0.3) is 11.1 Å². The molecule has 0 fully saturated rings. The van der Waals surface area contributed by atoms with E-state index in [0.717, 1.165) is 22.2 Å². The summed E-state index contributed by atoms with van der Waals surface area (Å²) < 4.78 is 0. The largest absolute Gasteiger partial charge is 0.339 e. The third kappa shape index (κ3) is 4.84. The van der Waals surface area contributed by atoms with Crippen LogP contribution in [0, 0.1) is 11.3 Å². The van der Waals surface area contributed by atoms with E-state index in [2.05, 4.69) is 11.4 Å². The Bertz CT molecular complexity index is 1090. The average Bonchev–Trinajstić information content (AvgIpc) is 2.75. The molecule has 0 atom stereocenters. The van der Waals surface area contributed by atoms with E-state index in [1.54, 1.807) is 62.6 Å². The Morgan fingerprint density at radius 2 is 1.52 bits per heavy atom. The van der Waals surface area contributed by atoms with Gasteiger partial charge in [-0.05, 0) is 53.7 Å². The Labute approximate surface area is 174 Å². The molecule has 3 rings (SSSR count). The van der Waals surface area contributed by atoms with E-state index in [0.29, 0.717) is 22.4 Å². The molecule has 0 spiro atoms. The van der Waals surface area contributed by atoms with Gasteiger partial charge in [0.25, 0.3) is 11.1 Å². The van der Waals surface area contributed by atoms with E-state index in [9.17, 15) is 14.9 Å². The number of nitrogens with zero attached hydrogens (tertiary/aromatic N) is 2. The average molecular weight is 401 g/mol. The minimum Gasteiger partial charge on any atom is -0.339 e. The summed E-state index contributed by atoms with van der Waals surface area (Å²) >= 11 is 1.12. The molecule has 0 saturated carbocycles.